The maximum absolute atomic E-state index is 13.0. The molecule has 0 saturated carbocycles. The Labute approximate surface area is 131 Å². The molecule has 0 heterocycles. The van der Waals surface area contributed by atoms with Gasteiger partial charge in [-0.1, -0.05) is 0 Å². The summed E-state index contributed by atoms with van der Waals surface area (Å²) in [5, 5.41) is 7.17. The van der Waals surface area contributed by atoms with Crippen molar-refractivity contribution in [2.24, 2.45) is 0 Å². The molecule has 3 amide bonds. The van der Waals surface area contributed by atoms with Gasteiger partial charge >= 0.3 is 12.2 Å². The summed E-state index contributed by atoms with van der Waals surface area (Å²) in [4.78, 5) is 22.2. The second-order valence-electron chi connectivity index (χ2n) is 4.51. The highest BCUT2D eigenvalue weighted by Crippen LogP contribution is 2.37. The molecule has 0 aliphatic heterocycles. The van der Waals surface area contributed by atoms with Crippen LogP contribution in [0, 0.1) is 0 Å². The molecule has 6 nitrogen and oxygen atoms in total. The van der Waals surface area contributed by atoms with Crippen molar-refractivity contribution in [3.05, 3.63) is 23.8 Å². The minimum atomic E-state index is -4.59. The number of carbonyl (C=O) groups is 2. The quantitative estimate of drug-likeness (QED) is 0.699. The van der Waals surface area contributed by atoms with Gasteiger partial charge in [-0.05, 0) is 25.1 Å². The van der Waals surface area contributed by atoms with E-state index in [9.17, 15) is 22.8 Å². The van der Waals surface area contributed by atoms with Crippen molar-refractivity contribution < 1.29 is 27.5 Å². The Morgan fingerprint density at radius 2 is 1.83 bits per heavy atom. The first-order chi connectivity index (χ1) is 10.7. The summed E-state index contributed by atoms with van der Waals surface area (Å²) in [7, 11) is 0. The van der Waals surface area contributed by atoms with Crippen LogP contribution in [0.25, 0.3) is 0 Å². The van der Waals surface area contributed by atoms with Gasteiger partial charge in [0.2, 0.25) is 5.91 Å². The standard InChI is InChI=1S/C14H18F3N3O3/c1-3-23-12-5-4-10(8-11(12)14(15,16)17)20-13(22)19-7-6-18-9(2)21/h4-5,8H,3,6-7H2,1-2H3,(H,18,21)(H2,19,20,22). The second-order valence-corrected chi connectivity index (χ2v) is 4.51. The van der Waals surface area contributed by atoms with Crippen molar-refractivity contribution in [1.82, 2.24) is 10.6 Å². The van der Waals surface area contributed by atoms with Gasteiger partial charge in [0.15, 0.2) is 0 Å². The molecule has 0 atom stereocenters. The van der Waals surface area contributed by atoms with Gasteiger partial charge in [-0.25, -0.2) is 4.79 Å². The van der Waals surface area contributed by atoms with Crippen molar-refractivity contribution in [2.45, 2.75) is 20.0 Å². The smallest absolute Gasteiger partial charge is 0.420 e. The molecule has 0 bridgehead atoms. The first kappa shape index (κ1) is 18.6. The van der Waals surface area contributed by atoms with Crippen LogP contribution >= 0.6 is 0 Å². The Kier molecular flexibility index (Phi) is 6.67. The first-order valence-electron chi connectivity index (χ1n) is 6.87. The van der Waals surface area contributed by atoms with Crippen LogP contribution in [0.1, 0.15) is 19.4 Å². The maximum Gasteiger partial charge on any atom is 0.420 e. The fourth-order valence-corrected chi connectivity index (χ4v) is 1.70. The van der Waals surface area contributed by atoms with Crippen LogP contribution in [-0.4, -0.2) is 31.6 Å². The monoisotopic (exact) mass is 333 g/mol. The van der Waals surface area contributed by atoms with Crippen LogP contribution in [0.4, 0.5) is 23.7 Å². The molecule has 0 radical (unpaired) electrons. The molecule has 128 valence electrons. The lowest BCUT2D eigenvalue weighted by atomic mass is 10.1. The Bertz CT molecular complexity index is 562. The van der Waals surface area contributed by atoms with Crippen molar-refractivity contribution in [3.63, 3.8) is 0 Å². The summed E-state index contributed by atoms with van der Waals surface area (Å²) in [6.45, 7) is 3.38. The molecule has 9 heteroatoms. The van der Waals surface area contributed by atoms with Crippen molar-refractivity contribution in [1.29, 1.82) is 0 Å². The van der Waals surface area contributed by atoms with Crippen molar-refractivity contribution in [2.75, 3.05) is 25.0 Å². The van der Waals surface area contributed by atoms with E-state index < -0.39 is 17.8 Å². The third-order valence-electron chi connectivity index (χ3n) is 2.63. The van der Waals surface area contributed by atoms with E-state index in [1.807, 2.05) is 0 Å². The summed E-state index contributed by atoms with van der Waals surface area (Å²) in [6.07, 6.45) is -4.59. The van der Waals surface area contributed by atoms with Gasteiger partial charge in [-0.2, -0.15) is 13.2 Å². The topological polar surface area (TPSA) is 79.5 Å². The summed E-state index contributed by atoms with van der Waals surface area (Å²) < 4.78 is 43.8. The van der Waals surface area contributed by atoms with E-state index in [0.29, 0.717) is 0 Å². The highest BCUT2D eigenvalue weighted by atomic mass is 19.4. The normalized spacial score (nSPS) is 10.8. The minimum absolute atomic E-state index is 0.0159. The molecule has 0 aliphatic rings. The highest BCUT2D eigenvalue weighted by molar-refractivity contribution is 5.89. The van der Waals surface area contributed by atoms with Gasteiger partial charge in [0.05, 0.1) is 12.2 Å². The molecule has 1 aromatic carbocycles. The Balaban J connectivity index is 2.70. The zero-order valence-corrected chi connectivity index (χ0v) is 12.7. The number of alkyl halides is 3. The number of urea groups is 1. The molecule has 0 unspecified atom stereocenters. The average Bonchev–Trinajstić information content (AvgIpc) is 2.44. The van der Waals surface area contributed by atoms with Crippen molar-refractivity contribution >= 4 is 17.6 Å². The second kappa shape index (κ2) is 8.25. The van der Waals surface area contributed by atoms with Gasteiger partial charge in [0, 0.05) is 25.7 Å². The van der Waals surface area contributed by atoms with Gasteiger partial charge in [0.1, 0.15) is 5.75 Å². The van der Waals surface area contributed by atoms with Gasteiger partial charge in [-0.3, -0.25) is 4.79 Å². The molecule has 1 rings (SSSR count). The molecule has 1 aromatic rings. The van der Waals surface area contributed by atoms with Crippen LogP contribution in [0.5, 0.6) is 5.75 Å². The molecular weight excluding hydrogens is 315 g/mol. The predicted octanol–water partition coefficient (Wildman–Crippen LogP) is 2.36. The van der Waals surface area contributed by atoms with E-state index in [1.165, 1.54) is 13.0 Å². The van der Waals surface area contributed by atoms with E-state index in [-0.39, 0.29) is 37.0 Å². The highest BCUT2D eigenvalue weighted by Gasteiger charge is 2.34. The van der Waals surface area contributed by atoms with Crippen LogP contribution in [-0.2, 0) is 11.0 Å². The zero-order chi connectivity index (χ0) is 17.5. The van der Waals surface area contributed by atoms with Gasteiger partial charge in [0.25, 0.3) is 0 Å². The number of benzene rings is 1. The third kappa shape index (κ3) is 6.45. The van der Waals surface area contributed by atoms with Crippen molar-refractivity contribution in [3.8, 4) is 5.75 Å². The third-order valence-corrected chi connectivity index (χ3v) is 2.63. The Morgan fingerprint density at radius 1 is 1.17 bits per heavy atom. The molecule has 0 aromatic heterocycles. The first-order valence-corrected chi connectivity index (χ1v) is 6.87. The van der Waals surface area contributed by atoms with E-state index in [2.05, 4.69) is 16.0 Å². The van der Waals surface area contributed by atoms with Crippen LogP contribution in [0.2, 0.25) is 0 Å². The number of hydrogen-bond acceptors (Lipinski definition) is 3. The number of hydrogen-bond donors (Lipinski definition) is 3. The fraction of sp³-hybridized carbons (Fsp3) is 0.429. The molecule has 3 N–H and O–H groups in total. The Hall–Kier alpha value is -2.45. The average molecular weight is 333 g/mol. The summed E-state index contributed by atoms with van der Waals surface area (Å²) in [5.74, 6) is -0.537. The largest absolute Gasteiger partial charge is 0.493 e. The van der Waals surface area contributed by atoms with E-state index in [1.54, 1.807) is 6.92 Å². The molecule has 0 saturated heterocycles. The van der Waals surface area contributed by atoms with E-state index >= 15 is 0 Å². The molecular formula is C14H18F3N3O3. The lowest BCUT2D eigenvalue weighted by Gasteiger charge is -2.15. The summed E-state index contributed by atoms with van der Waals surface area (Å²) in [6, 6.07) is 2.60. The zero-order valence-electron chi connectivity index (χ0n) is 12.7. The minimum Gasteiger partial charge on any atom is -0.493 e. The SMILES string of the molecule is CCOc1ccc(NC(=O)NCCNC(C)=O)cc1C(F)(F)F. The molecule has 23 heavy (non-hydrogen) atoms. The fourth-order valence-electron chi connectivity index (χ4n) is 1.70. The number of anilines is 1. The lowest BCUT2D eigenvalue weighted by Crippen LogP contribution is -2.36. The number of ether oxygens (including phenoxy) is 1. The molecule has 0 spiro atoms. The number of rotatable bonds is 6. The molecule has 0 aliphatic carbocycles. The van der Waals surface area contributed by atoms with Gasteiger partial charge in [-0.15, -0.1) is 0 Å². The van der Waals surface area contributed by atoms with Crippen LogP contribution in [0.15, 0.2) is 18.2 Å². The maximum atomic E-state index is 13.0. The predicted molar refractivity (Wildman–Crippen MR) is 78.3 cm³/mol. The molecule has 0 fully saturated rings. The van der Waals surface area contributed by atoms with Crippen LogP contribution in [0.3, 0.4) is 0 Å². The summed E-state index contributed by atoms with van der Waals surface area (Å²) >= 11 is 0. The summed E-state index contributed by atoms with van der Waals surface area (Å²) in [5.41, 5.74) is -0.979. The lowest BCUT2D eigenvalue weighted by molar-refractivity contribution is -0.138. The number of nitrogens with one attached hydrogen (secondary N) is 3. The number of carbonyl (C=O) groups excluding carboxylic acids is 2. The number of amides is 3. The number of halogens is 3. The van der Waals surface area contributed by atoms with Crippen LogP contribution < -0.4 is 20.7 Å². The van der Waals surface area contributed by atoms with E-state index in [4.69, 9.17) is 4.74 Å². The van der Waals surface area contributed by atoms with Gasteiger partial charge < -0.3 is 20.7 Å². The van der Waals surface area contributed by atoms with E-state index in [0.717, 1.165) is 12.1 Å². The Morgan fingerprint density at radius 3 is 2.39 bits per heavy atom.